The fourth-order valence-electron chi connectivity index (χ4n) is 2.21. The minimum atomic E-state index is -1.16. The molecule has 0 bridgehead atoms. The van der Waals surface area contributed by atoms with E-state index in [-0.39, 0.29) is 5.92 Å². The van der Waals surface area contributed by atoms with Gasteiger partial charge in [-0.2, -0.15) is 10.5 Å². The molecule has 1 saturated heterocycles. The van der Waals surface area contributed by atoms with Gasteiger partial charge in [-0.25, -0.2) is 0 Å². The van der Waals surface area contributed by atoms with Crippen molar-refractivity contribution in [3.8, 4) is 12.1 Å². The summed E-state index contributed by atoms with van der Waals surface area (Å²) >= 11 is 0. The molecule has 1 aliphatic rings. The van der Waals surface area contributed by atoms with E-state index in [1.54, 1.807) is 6.08 Å². The van der Waals surface area contributed by atoms with Crippen LogP contribution in [0.1, 0.15) is 11.7 Å². The molecule has 0 radical (unpaired) electrons. The van der Waals surface area contributed by atoms with Gasteiger partial charge in [0.15, 0.2) is 5.41 Å². The molecule has 1 aliphatic heterocycles. The van der Waals surface area contributed by atoms with Crippen LogP contribution in [0.3, 0.4) is 0 Å². The molecule has 0 saturated carbocycles. The highest BCUT2D eigenvalue weighted by atomic mass is 16.5. The fourth-order valence-corrected chi connectivity index (χ4v) is 2.21. The van der Waals surface area contributed by atoms with Gasteiger partial charge in [0, 0.05) is 5.92 Å². The van der Waals surface area contributed by atoms with E-state index < -0.39 is 11.5 Å². The van der Waals surface area contributed by atoms with E-state index >= 15 is 0 Å². The molecule has 84 valence electrons. The first-order chi connectivity index (χ1) is 8.28. The van der Waals surface area contributed by atoms with Gasteiger partial charge < -0.3 is 4.74 Å². The van der Waals surface area contributed by atoms with Crippen molar-refractivity contribution in [2.75, 3.05) is 6.61 Å². The van der Waals surface area contributed by atoms with E-state index in [2.05, 4.69) is 18.7 Å². The topological polar surface area (TPSA) is 56.8 Å². The van der Waals surface area contributed by atoms with E-state index in [1.165, 1.54) is 0 Å². The Morgan fingerprint density at radius 3 is 2.47 bits per heavy atom. The summed E-state index contributed by atoms with van der Waals surface area (Å²) in [6, 6.07) is 13.6. The molecule has 1 aromatic carbocycles. The summed E-state index contributed by atoms with van der Waals surface area (Å²) in [6.07, 6.45) is 1.14. The molecule has 1 heterocycles. The highest BCUT2D eigenvalue weighted by Gasteiger charge is 2.52. The highest BCUT2D eigenvalue weighted by Crippen LogP contribution is 2.48. The molecule has 1 aromatic rings. The number of nitriles is 2. The lowest BCUT2D eigenvalue weighted by Gasteiger charge is -2.23. The van der Waals surface area contributed by atoms with E-state index in [9.17, 15) is 10.5 Å². The normalized spacial score (nSPS) is 25.8. The third-order valence-electron chi connectivity index (χ3n) is 3.20. The first-order valence-corrected chi connectivity index (χ1v) is 5.40. The summed E-state index contributed by atoms with van der Waals surface area (Å²) in [5.74, 6) is -0.247. The van der Waals surface area contributed by atoms with Gasteiger partial charge in [-0.05, 0) is 5.56 Å². The zero-order valence-electron chi connectivity index (χ0n) is 9.34. The molecule has 3 heteroatoms. The average Bonchev–Trinajstić information content (AvgIpc) is 2.78. The molecular weight excluding hydrogens is 212 g/mol. The zero-order valence-corrected chi connectivity index (χ0v) is 9.34. The average molecular weight is 224 g/mol. The van der Waals surface area contributed by atoms with Gasteiger partial charge in [0.25, 0.3) is 0 Å². The number of hydrogen-bond acceptors (Lipinski definition) is 3. The lowest BCUT2D eigenvalue weighted by Crippen LogP contribution is -2.27. The van der Waals surface area contributed by atoms with Crippen molar-refractivity contribution in [1.29, 1.82) is 10.5 Å². The second-order valence-corrected chi connectivity index (χ2v) is 4.06. The monoisotopic (exact) mass is 224 g/mol. The molecule has 0 amide bonds. The lowest BCUT2D eigenvalue weighted by atomic mass is 9.74. The second kappa shape index (κ2) is 4.41. The van der Waals surface area contributed by atoms with Crippen LogP contribution >= 0.6 is 0 Å². The number of benzene rings is 1. The van der Waals surface area contributed by atoms with Crippen molar-refractivity contribution >= 4 is 0 Å². The molecule has 0 spiro atoms. The zero-order chi connectivity index (χ0) is 12.3. The Balaban J connectivity index is 2.47. The minimum absolute atomic E-state index is 0.247. The number of ether oxygens (including phenoxy) is 1. The van der Waals surface area contributed by atoms with E-state index in [0.717, 1.165) is 5.56 Å². The predicted molar refractivity (Wildman–Crippen MR) is 62.5 cm³/mol. The molecule has 0 N–H and O–H groups in total. The predicted octanol–water partition coefficient (Wildman–Crippen LogP) is 2.59. The van der Waals surface area contributed by atoms with E-state index in [0.29, 0.717) is 6.61 Å². The molecule has 0 aromatic heterocycles. The van der Waals surface area contributed by atoms with Crippen LogP contribution in [0.4, 0.5) is 0 Å². The standard InChI is InChI=1S/C14H12N2O/c1-2-12-8-17-13(14(12,9-15)10-16)11-6-4-3-5-7-11/h2-7,12-13H,1,8H2. The van der Waals surface area contributed by atoms with Gasteiger partial charge in [0.1, 0.15) is 6.10 Å². The first-order valence-electron chi connectivity index (χ1n) is 5.40. The van der Waals surface area contributed by atoms with Gasteiger partial charge in [0.05, 0.1) is 18.7 Å². The molecular formula is C14H12N2O. The maximum atomic E-state index is 9.35. The quantitative estimate of drug-likeness (QED) is 0.725. The molecule has 1 fully saturated rings. The van der Waals surface area contributed by atoms with Crippen molar-refractivity contribution in [1.82, 2.24) is 0 Å². The molecule has 2 rings (SSSR count). The third kappa shape index (κ3) is 1.62. The van der Waals surface area contributed by atoms with Crippen LogP contribution in [0.15, 0.2) is 43.0 Å². The van der Waals surface area contributed by atoms with Gasteiger partial charge in [-0.3, -0.25) is 0 Å². The van der Waals surface area contributed by atoms with E-state index in [1.807, 2.05) is 30.3 Å². The van der Waals surface area contributed by atoms with Crippen LogP contribution in [-0.2, 0) is 4.74 Å². The van der Waals surface area contributed by atoms with Crippen LogP contribution in [0.5, 0.6) is 0 Å². The van der Waals surface area contributed by atoms with Crippen LogP contribution < -0.4 is 0 Å². The van der Waals surface area contributed by atoms with Crippen molar-refractivity contribution < 1.29 is 4.74 Å². The van der Waals surface area contributed by atoms with Crippen molar-refractivity contribution in [3.63, 3.8) is 0 Å². The third-order valence-corrected chi connectivity index (χ3v) is 3.20. The van der Waals surface area contributed by atoms with Crippen LogP contribution in [0.25, 0.3) is 0 Å². The first kappa shape index (κ1) is 11.4. The summed E-state index contributed by atoms with van der Waals surface area (Å²) in [5.41, 5.74) is -0.303. The maximum absolute atomic E-state index is 9.35. The van der Waals surface area contributed by atoms with Crippen molar-refractivity contribution in [2.24, 2.45) is 11.3 Å². The molecule has 0 aliphatic carbocycles. The van der Waals surface area contributed by atoms with Crippen LogP contribution in [0, 0.1) is 34.0 Å². The van der Waals surface area contributed by atoms with Crippen LogP contribution in [0.2, 0.25) is 0 Å². The Bertz CT molecular complexity index is 481. The SMILES string of the molecule is C=CC1COC(c2ccccc2)C1(C#N)C#N. The molecule has 3 nitrogen and oxygen atoms in total. The highest BCUT2D eigenvalue weighted by molar-refractivity contribution is 5.33. The minimum Gasteiger partial charge on any atom is -0.370 e. The van der Waals surface area contributed by atoms with Gasteiger partial charge in [-0.15, -0.1) is 6.58 Å². The van der Waals surface area contributed by atoms with Gasteiger partial charge in [0.2, 0.25) is 0 Å². The summed E-state index contributed by atoms with van der Waals surface area (Å²) in [6.45, 7) is 4.05. The Kier molecular flexibility index (Phi) is 2.95. The van der Waals surface area contributed by atoms with Gasteiger partial charge in [-0.1, -0.05) is 36.4 Å². The largest absolute Gasteiger partial charge is 0.370 e. The number of rotatable bonds is 2. The molecule has 17 heavy (non-hydrogen) atoms. The second-order valence-electron chi connectivity index (χ2n) is 4.06. The Hall–Kier alpha value is -2.10. The lowest BCUT2D eigenvalue weighted by molar-refractivity contribution is 0.0863. The summed E-state index contributed by atoms with van der Waals surface area (Å²) in [7, 11) is 0. The Labute approximate surface area is 101 Å². The van der Waals surface area contributed by atoms with Crippen molar-refractivity contribution in [3.05, 3.63) is 48.6 Å². The Morgan fingerprint density at radius 2 is 1.94 bits per heavy atom. The maximum Gasteiger partial charge on any atom is 0.182 e. The summed E-state index contributed by atoms with van der Waals surface area (Å²) < 4.78 is 5.62. The van der Waals surface area contributed by atoms with E-state index in [4.69, 9.17) is 4.74 Å². The fraction of sp³-hybridized carbons (Fsp3) is 0.286. The van der Waals surface area contributed by atoms with Crippen LogP contribution in [-0.4, -0.2) is 6.61 Å². The summed E-state index contributed by atoms with van der Waals surface area (Å²) in [5, 5.41) is 18.7. The summed E-state index contributed by atoms with van der Waals surface area (Å²) in [4.78, 5) is 0. The number of hydrogen-bond donors (Lipinski definition) is 0. The van der Waals surface area contributed by atoms with Crippen molar-refractivity contribution in [2.45, 2.75) is 6.10 Å². The Morgan fingerprint density at radius 1 is 1.29 bits per heavy atom. The molecule has 2 atom stereocenters. The molecule has 2 unspecified atom stereocenters. The smallest absolute Gasteiger partial charge is 0.182 e. The van der Waals surface area contributed by atoms with Gasteiger partial charge >= 0.3 is 0 Å². The number of nitrogens with zero attached hydrogens (tertiary/aromatic N) is 2.